The third-order valence-corrected chi connectivity index (χ3v) is 3.03. The smallest absolute Gasteiger partial charge is 0.273 e. The largest absolute Gasteiger partial charge is 0.457 e. The summed E-state index contributed by atoms with van der Waals surface area (Å²) in [5.74, 6) is 0.668. The Labute approximate surface area is 133 Å². The minimum absolute atomic E-state index is 0.127. The number of carbonyl (C=O) groups is 1. The van der Waals surface area contributed by atoms with Gasteiger partial charge in [0.1, 0.15) is 18.6 Å². The fraction of sp³-hybridized carbons (Fsp3) is 0.125. The predicted octanol–water partition coefficient (Wildman–Crippen LogP) is 3.23. The van der Waals surface area contributed by atoms with Gasteiger partial charge in [0.05, 0.1) is 5.56 Å². The summed E-state index contributed by atoms with van der Waals surface area (Å²) < 4.78 is 5.81. The first-order valence-electron chi connectivity index (χ1n) is 6.51. The van der Waals surface area contributed by atoms with Crippen LogP contribution >= 0.6 is 11.6 Å². The molecule has 2 aromatic rings. The van der Waals surface area contributed by atoms with Crippen LogP contribution in [0.25, 0.3) is 0 Å². The van der Waals surface area contributed by atoms with Crippen LogP contribution in [0.15, 0.2) is 53.7 Å². The molecule has 1 N–H and O–H groups in total. The highest BCUT2D eigenvalue weighted by Gasteiger charge is 2.18. The lowest BCUT2D eigenvalue weighted by atomic mass is 10.1. The van der Waals surface area contributed by atoms with Gasteiger partial charge in [-0.1, -0.05) is 35.0 Å². The van der Waals surface area contributed by atoms with Gasteiger partial charge < -0.3 is 14.9 Å². The molecule has 2 aromatic carbocycles. The summed E-state index contributed by atoms with van der Waals surface area (Å²) in [5, 5.41) is 6.87. The van der Waals surface area contributed by atoms with Gasteiger partial charge in [-0.05, 0) is 30.3 Å². The molecule has 114 valence electrons. The summed E-state index contributed by atoms with van der Waals surface area (Å²) in [5.41, 5.74) is 0.645. The Morgan fingerprint density at radius 1 is 1.18 bits per heavy atom. The summed E-state index contributed by atoms with van der Waals surface area (Å²) in [6, 6.07) is 14.1. The molecule has 0 aliphatic heterocycles. The molecule has 22 heavy (non-hydrogen) atoms. The number of benzene rings is 2. The van der Waals surface area contributed by atoms with Crippen molar-refractivity contribution in [3.05, 3.63) is 59.1 Å². The fourth-order valence-electron chi connectivity index (χ4n) is 1.83. The topological polar surface area (TPSA) is 59.9 Å². The molecule has 0 saturated carbocycles. The van der Waals surface area contributed by atoms with Crippen LogP contribution in [-0.2, 0) is 9.63 Å². The molecule has 1 amide bonds. The quantitative estimate of drug-likeness (QED) is 0.680. The summed E-state index contributed by atoms with van der Waals surface area (Å²) in [4.78, 5) is 16.7. The fourth-order valence-corrected chi connectivity index (χ4v) is 2.01. The van der Waals surface area contributed by atoms with Crippen molar-refractivity contribution in [1.29, 1.82) is 0 Å². The van der Waals surface area contributed by atoms with E-state index in [9.17, 15) is 4.79 Å². The molecule has 0 heterocycles. The monoisotopic (exact) mass is 318 g/mol. The van der Waals surface area contributed by atoms with Gasteiger partial charge >= 0.3 is 0 Å². The Hall–Kier alpha value is -2.53. The van der Waals surface area contributed by atoms with E-state index in [1.54, 1.807) is 48.5 Å². The number of nitrogens with one attached hydrogen (secondary N) is 1. The van der Waals surface area contributed by atoms with E-state index in [4.69, 9.17) is 21.2 Å². The summed E-state index contributed by atoms with van der Waals surface area (Å²) in [7, 11) is 2.90. The number of nitrogens with zero attached hydrogens (tertiary/aromatic N) is 1. The van der Waals surface area contributed by atoms with Crippen molar-refractivity contribution in [2.75, 3.05) is 14.2 Å². The maximum atomic E-state index is 12.0. The van der Waals surface area contributed by atoms with Crippen LogP contribution in [0, 0.1) is 0 Å². The van der Waals surface area contributed by atoms with Crippen molar-refractivity contribution < 1.29 is 14.4 Å². The summed E-state index contributed by atoms with van der Waals surface area (Å²) in [6.45, 7) is 0. The molecule has 6 heteroatoms. The minimum atomic E-state index is -0.371. The maximum absolute atomic E-state index is 12.0. The second-order valence-electron chi connectivity index (χ2n) is 4.26. The summed E-state index contributed by atoms with van der Waals surface area (Å²) >= 11 is 5.95. The van der Waals surface area contributed by atoms with Gasteiger partial charge in [-0.2, -0.15) is 0 Å². The van der Waals surface area contributed by atoms with E-state index in [0.29, 0.717) is 22.1 Å². The average molecular weight is 319 g/mol. The Morgan fingerprint density at radius 3 is 2.64 bits per heavy atom. The third kappa shape index (κ3) is 3.77. The molecule has 0 spiro atoms. The molecule has 0 unspecified atom stereocenters. The van der Waals surface area contributed by atoms with E-state index in [2.05, 4.69) is 10.5 Å². The van der Waals surface area contributed by atoms with Crippen LogP contribution in [0.2, 0.25) is 5.02 Å². The number of amides is 1. The lowest BCUT2D eigenvalue weighted by Crippen LogP contribution is -2.28. The Kier molecular flexibility index (Phi) is 5.38. The normalized spacial score (nSPS) is 11.0. The zero-order valence-electron chi connectivity index (χ0n) is 12.2. The molecule has 5 nitrogen and oxygen atoms in total. The predicted molar refractivity (Wildman–Crippen MR) is 85.6 cm³/mol. The molecule has 0 atom stereocenters. The molecular weight excluding hydrogens is 304 g/mol. The van der Waals surface area contributed by atoms with E-state index in [1.165, 1.54) is 14.2 Å². The van der Waals surface area contributed by atoms with E-state index >= 15 is 0 Å². The number of para-hydroxylation sites is 1. The second kappa shape index (κ2) is 7.47. The average Bonchev–Trinajstić information content (AvgIpc) is 2.53. The maximum Gasteiger partial charge on any atom is 0.273 e. The number of oxime groups is 1. The molecule has 0 aliphatic rings. The zero-order chi connectivity index (χ0) is 15.9. The minimum Gasteiger partial charge on any atom is -0.457 e. The van der Waals surface area contributed by atoms with Crippen molar-refractivity contribution in [3.63, 3.8) is 0 Å². The number of likely N-dealkylation sites (N-methyl/N-ethyl adjacent to an activating group) is 1. The van der Waals surface area contributed by atoms with Gasteiger partial charge in [-0.3, -0.25) is 4.79 Å². The molecule has 0 radical (unpaired) electrons. The Balaban J connectivity index is 2.41. The highest BCUT2D eigenvalue weighted by Crippen LogP contribution is 2.27. The molecule has 0 aromatic heterocycles. The van der Waals surface area contributed by atoms with Crippen LogP contribution in [0.3, 0.4) is 0 Å². The molecule has 0 bridgehead atoms. The van der Waals surface area contributed by atoms with E-state index in [-0.39, 0.29) is 11.6 Å². The first-order chi connectivity index (χ1) is 10.7. The van der Waals surface area contributed by atoms with Crippen LogP contribution in [0.5, 0.6) is 11.5 Å². The van der Waals surface area contributed by atoms with Crippen molar-refractivity contribution in [1.82, 2.24) is 5.32 Å². The highest BCUT2D eigenvalue weighted by molar-refractivity contribution is 6.45. The number of hydrogen-bond donors (Lipinski definition) is 1. The van der Waals surface area contributed by atoms with Crippen LogP contribution in [-0.4, -0.2) is 25.8 Å². The van der Waals surface area contributed by atoms with Crippen LogP contribution < -0.4 is 10.1 Å². The van der Waals surface area contributed by atoms with E-state index in [1.807, 2.05) is 0 Å². The number of carbonyl (C=O) groups excluding carboxylic acids is 1. The molecule has 0 fully saturated rings. The van der Waals surface area contributed by atoms with E-state index in [0.717, 1.165) is 0 Å². The first kappa shape index (κ1) is 15.9. The molecule has 0 aliphatic carbocycles. The third-order valence-electron chi connectivity index (χ3n) is 2.79. The zero-order valence-corrected chi connectivity index (χ0v) is 12.9. The van der Waals surface area contributed by atoms with Gasteiger partial charge in [-0.15, -0.1) is 0 Å². The van der Waals surface area contributed by atoms with Gasteiger partial charge in [0, 0.05) is 12.1 Å². The second-order valence-corrected chi connectivity index (χ2v) is 4.69. The standard InChI is InChI=1S/C16H15ClN2O3/c1-18-16(20)15(19-21-2)13-8-3-4-9-14(13)22-12-7-5-6-11(17)10-12/h3-10H,1-2H3,(H,18,20)/b19-15+. The highest BCUT2D eigenvalue weighted by atomic mass is 35.5. The van der Waals surface area contributed by atoms with Gasteiger partial charge in [-0.25, -0.2) is 0 Å². The van der Waals surface area contributed by atoms with Gasteiger partial charge in [0.2, 0.25) is 0 Å². The summed E-state index contributed by atoms with van der Waals surface area (Å²) in [6.07, 6.45) is 0. The Bertz CT molecular complexity index is 701. The van der Waals surface area contributed by atoms with E-state index < -0.39 is 0 Å². The van der Waals surface area contributed by atoms with Crippen LogP contribution in [0.4, 0.5) is 0 Å². The van der Waals surface area contributed by atoms with Gasteiger partial charge in [0.15, 0.2) is 5.71 Å². The van der Waals surface area contributed by atoms with Crippen molar-refractivity contribution >= 4 is 23.2 Å². The lowest BCUT2D eigenvalue weighted by Gasteiger charge is -2.12. The Morgan fingerprint density at radius 2 is 1.95 bits per heavy atom. The number of ether oxygens (including phenoxy) is 1. The van der Waals surface area contributed by atoms with Crippen molar-refractivity contribution in [2.45, 2.75) is 0 Å². The SMILES string of the molecule is CNC(=O)/C(=N/OC)c1ccccc1Oc1cccc(Cl)c1. The molecular formula is C16H15ClN2O3. The van der Waals surface area contributed by atoms with Crippen molar-refractivity contribution in [3.8, 4) is 11.5 Å². The first-order valence-corrected chi connectivity index (χ1v) is 6.89. The number of rotatable bonds is 5. The van der Waals surface area contributed by atoms with Gasteiger partial charge in [0.25, 0.3) is 5.91 Å². The van der Waals surface area contributed by atoms with Crippen molar-refractivity contribution in [2.24, 2.45) is 5.16 Å². The van der Waals surface area contributed by atoms with Crippen LogP contribution in [0.1, 0.15) is 5.56 Å². The number of hydrogen-bond acceptors (Lipinski definition) is 4. The lowest BCUT2D eigenvalue weighted by molar-refractivity contribution is -0.114. The number of halogens is 1. The molecule has 0 saturated heterocycles. The molecule has 2 rings (SSSR count).